The fourth-order valence-electron chi connectivity index (χ4n) is 6.45. The van der Waals surface area contributed by atoms with Gasteiger partial charge in [0.05, 0.1) is 29.3 Å². The molecule has 0 aliphatic heterocycles. The Morgan fingerprint density at radius 1 is 0.944 bits per heavy atom. The van der Waals surface area contributed by atoms with Crippen molar-refractivity contribution in [3.8, 4) is 22.9 Å². The molecule has 3 aromatic heterocycles. The number of thioether (sulfide) groups is 1. The highest BCUT2D eigenvalue weighted by Crippen LogP contribution is 2.41. The number of aryl methyl sites for hydroxylation is 1. The van der Waals surface area contributed by atoms with E-state index in [0.29, 0.717) is 28.1 Å². The predicted molar refractivity (Wildman–Crippen MR) is 216 cm³/mol. The van der Waals surface area contributed by atoms with Crippen LogP contribution in [0.2, 0.25) is 0 Å². The van der Waals surface area contributed by atoms with E-state index in [9.17, 15) is 5.11 Å². The number of hydrogen-bond donors (Lipinski definition) is 2. The van der Waals surface area contributed by atoms with Gasteiger partial charge in [-0.3, -0.25) is 9.07 Å². The van der Waals surface area contributed by atoms with Crippen LogP contribution < -0.4 is 4.74 Å². The number of H-pyrrole nitrogens is 1. The van der Waals surface area contributed by atoms with Crippen LogP contribution in [-0.4, -0.2) is 45.5 Å². The number of nitrogens with one attached hydrogen (secondary N) is 1. The van der Waals surface area contributed by atoms with Crippen LogP contribution in [0.15, 0.2) is 113 Å². The van der Waals surface area contributed by atoms with Gasteiger partial charge in [-0.1, -0.05) is 60.1 Å². The van der Waals surface area contributed by atoms with Crippen molar-refractivity contribution in [2.75, 3.05) is 11.5 Å². The molecule has 0 radical (unpaired) electrons. The lowest BCUT2D eigenvalue weighted by atomic mass is 9.79. The third-order valence-corrected chi connectivity index (χ3v) is 12.6. The van der Waals surface area contributed by atoms with E-state index >= 15 is 8.78 Å². The zero-order valence-electron chi connectivity index (χ0n) is 30.2. The Morgan fingerprint density at radius 2 is 1.76 bits per heavy atom. The number of fused-ring (bicyclic) bond motifs is 1. The average molecular weight is 830 g/mol. The van der Waals surface area contributed by atoms with Gasteiger partial charge in [-0.15, -0.1) is 0 Å². The second-order valence-corrected chi connectivity index (χ2v) is 17.0. The maximum atomic E-state index is 15.8. The molecule has 4 aromatic carbocycles. The van der Waals surface area contributed by atoms with Crippen LogP contribution in [0.5, 0.6) is 11.5 Å². The van der Waals surface area contributed by atoms with Crippen molar-refractivity contribution in [2.45, 2.75) is 49.5 Å². The van der Waals surface area contributed by atoms with Crippen molar-refractivity contribution in [3.05, 3.63) is 142 Å². The average Bonchev–Trinajstić information content (AvgIpc) is 3.93. The predicted octanol–water partition coefficient (Wildman–Crippen LogP) is 10.4. The number of ether oxygens (including phenoxy) is 1. The molecule has 13 heteroatoms. The van der Waals surface area contributed by atoms with Crippen LogP contribution in [0.25, 0.3) is 22.3 Å². The maximum Gasteiger partial charge on any atom is 0.169 e. The molecule has 8 nitrogen and oxygen atoms in total. The summed E-state index contributed by atoms with van der Waals surface area (Å²) >= 11 is 6.92. The van der Waals surface area contributed by atoms with Gasteiger partial charge in [-0.05, 0) is 90.7 Å². The Bertz CT molecular complexity index is 2400. The molecule has 1 unspecified atom stereocenters. The fraction of sp³-hybridized carbons (Fsp3) is 0.244. The van der Waals surface area contributed by atoms with E-state index < -0.39 is 23.7 Å². The van der Waals surface area contributed by atoms with E-state index in [4.69, 9.17) is 14.8 Å². The van der Waals surface area contributed by atoms with Gasteiger partial charge in [0, 0.05) is 57.0 Å². The first-order valence-corrected chi connectivity index (χ1v) is 20.1. The van der Waals surface area contributed by atoms with Crippen molar-refractivity contribution in [3.63, 3.8) is 0 Å². The van der Waals surface area contributed by atoms with Crippen molar-refractivity contribution in [2.24, 2.45) is 7.05 Å². The zero-order valence-corrected chi connectivity index (χ0v) is 33.4. The van der Waals surface area contributed by atoms with Gasteiger partial charge in [0.2, 0.25) is 0 Å². The number of nitrogens with zero attached hydrogens (tertiary/aromatic N) is 5. The first-order chi connectivity index (χ1) is 26.0. The van der Waals surface area contributed by atoms with Gasteiger partial charge in [0.25, 0.3) is 0 Å². The maximum absolute atomic E-state index is 15.8. The highest BCUT2D eigenvalue weighted by Gasteiger charge is 2.35. The van der Waals surface area contributed by atoms with Crippen molar-refractivity contribution >= 4 is 50.5 Å². The summed E-state index contributed by atoms with van der Waals surface area (Å²) in [4.78, 5) is 5.94. The molecule has 0 saturated carbocycles. The molecule has 0 saturated heterocycles. The molecule has 2 N–H and O–H groups in total. The lowest BCUT2D eigenvalue weighted by Crippen LogP contribution is -2.27. The third kappa shape index (κ3) is 7.72. The lowest BCUT2D eigenvalue weighted by molar-refractivity contribution is 0.276. The summed E-state index contributed by atoms with van der Waals surface area (Å²) in [6, 6.07) is 25.3. The number of aromatic amines is 1. The molecule has 0 fully saturated rings. The standard InChI is InChI=1S/C41H39BrF2N6O2S2/c1-40(2,27-22-45-46-23-27)25-53-18-16-41(3,26-9-8-10-28(42)19-26)39-47-38(49(4)48-39)32-20-29(13-14-34(32)43)52-37-33(24-51)31-15-17-50(36(31)21-35(37)44)54-30-11-6-5-7-12-30/h5-15,17,19-23,51H,16,18,24-25H2,1-4H3,(H,45,46). The molecule has 0 aliphatic rings. The van der Waals surface area contributed by atoms with Gasteiger partial charge in [-0.2, -0.15) is 22.0 Å². The van der Waals surface area contributed by atoms with Crippen LogP contribution in [-0.2, 0) is 24.5 Å². The summed E-state index contributed by atoms with van der Waals surface area (Å²) in [5.74, 6) is 1.46. The largest absolute Gasteiger partial charge is 0.454 e. The molecular weight excluding hydrogens is 791 g/mol. The number of hydrogen-bond acceptors (Lipinski definition) is 7. The minimum Gasteiger partial charge on any atom is -0.454 e. The Labute approximate surface area is 329 Å². The van der Waals surface area contributed by atoms with E-state index in [1.54, 1.807) is 11.7 Å². The first-order valence-electron chi connectivity index (χ1n) is 17.4. The molecule has 0 aliphatic carbocycles. The highest BCUT2D eigenvalue weighted by atomic mass is 79.9. The molecule has 1 atom stereocenters. The van der Waals surface area contributed by atoms with Gasteiger partial charge in [0.1, 0.15) is 11.6 Å². The molecule has 278 valence electrons. The second-order valence-electron chi connectivity index (χ2n) is 13.9. The van der Waals surface area contributed by atoms with Crippen LogP contribution >= 0.6 is 39.6 Å². The van der Waals surface area contributed by atoms with Gasteiger partial charge >= 0.3 is 0 Å². The van der Waals surface area contributed by atoms with E-state index in [1.807, 2.05) is 82.9 Å². The monoisotopic (exact) mass is 828 g/mol. The summed E-state index contributed by atoms with van der Waals surface area (Å²) in [6.07, 6.45) is 6.36. The SMILES string of the molecule is Cn1nc(C(C)(CCSCC(C)(C)c2cn[nH]c2)c2cccc(Br)c2)nc1-c1cc(Oc2c(F)cc3c(ccn3Sc3ccccc3)c2CO)ccc1F. The molecule has 3 heterocycles. The molecular formula is C41H39BrF2N6O2S2. The zero-order chi connectivity index (χ0) is 38.0. The Hall–Kier alpha value is -4.43. The quantitative estimate of drug-likeness (QED) is 0.105. The smallest absolute Gasteiger partial charge is 0.169 e. The fourth-order valence-corrected chi connectivity index (χ4v) is 9.10. The number of halogens is 3. The minimum absolute atomic E-state index is 0.0655. The number of benzene rings is 4. The molecule has 7 rings (SSSR count). The lowest BCUT2D eigenvalue weighted by Gasteiger charge is -2.28. The number of aliphatic hydroxyl groups is 1. The summed E-state index contributed by atoms with van der Waals surface area (Å²) < 4.78 is 42.0. The van der Waals surface area contributed by atoms with Crippen molar-refractivity contribution < 1.29 is 18.6 Å². The summed E-state index contributed by atoms with van der Waals surface area (Å²) in [5.41, 5.74) is 2.55. The van der Waals surface area contributed by atoms with Crippen LogP contribution in [0.1, 0.15) is 49.7 Å². The molecule has 0 spiro atoms. The van der Waals surface area contributed by atoms with Gasteiger partial charge < -0.3 is 9.84 Å². The van der Waals surface area contributed by atoms with Gasteiger partial charge in [-0.25, -0.2) is 18.4 Å². The summed E-state index contributed by atoms with van der Waals surface area (Å²) in [6.45, 7) is 6.07. The van der Waals surface area contributed by atoms with E-state index in [-0.39, 0.29) is 22.5 Å². The highest BCUT2D eigenvalue weighted by molar-refractivity contribution is 9.10. The molecule has 0 bridgehead atoms. The third-order valence-electron chi connectivity index (χ3n) is 9.68. The second kappa shape index (κ2) is 15.7. The van der Waals surface area contributed by atoms with E-state index in [2.05, 4.69) is 59.0 Å². The van der Waals surface area contributed by atoms with Gasteiger partial charge in [0.15, 0.2) is 23.2 Å². The number of aliphatic hydroxyl groups excluding tert-OH is 1. The molecule has 7 aromatic rings. The van der Waals surface area contributed by atoms with Crippen LogP contribution in [0.3, 0.4) is 0 Å². The van der Waals surface area contributed by atoms with Crippen molar-refractivity contribution in [1.29, 1.82) is 0 Å². The Balaban J connectivity index is 1.18. The van der Waals surface area contributed by atoms with E-state index in [0.717, 1.165) is 38.4 Å². The molecule has 0 amide bonds. The summed E-state index contributed by atoms with van der Waals surface area (Å²) in [7, 11) is 1.73. The Kier molecular flexibility index (Phi) is 11.0. The van der Waals surface area contributed by atoms with Crippen LogP contribution in [0.4, 0.5) is 8.78 Å². The number of rotatable bonds is 14. The molecule has 54 heavy (non-hydrogen) atoms. The first kappa shape index (κ1) is 37.9. The number of aromatic nitrogens is 6. The van der Waals surface area contributed by atoms with Crippen LogP contribution in [0, 0.1) is 11.6 Å². The van der Waals surface area contributed by atoms with E-state index in [1.165, 1.54) is 36.2 Å². The minimum atomic E-state index is -0.650. The van der Waals surface area contributed by atoms with Crippen molar-refractivity contribution in [1.82, 2.24) is 28.9 Å². The Morgan fingerprint density at radius 3 is 2.50 bits per heavy atom. The topological polar surface area (TPSA) is 93.8 Å². The normalized spacial score (nSPS) is 13.0. The summed E-state index contributed by atoms with van der Waals surface area (Å²) in [5, 5.41) is 23.0.